The number of hydrogen-bond acceptors (Lipinski definition) is 3. The number of nitrogens with zero attached hydrogens (tertiary/aromatic N) is 1. The quantitative estimate of drug-likeness (QED) is 0.782. The molecule has 0 saturated carbocycles. The average Bonchev–Trinajstić information content (AvgIpc) is 2.35. The molecule has 0 heterocycles. The van der Waals surface area contributed by atoms with Gasteiger partial charge in [-0.2, -0.15) is 0 Å². The number of amides is 1. The smallest absolute Gasteiger partial charge is 0.239 e. The van der Waals surface area contributed by atoms with Crippen LogP contribution < -0.4 is 10.6 Å². The monoisotopic (exact) mass is 248 g/mol. The number of aldehydes is 1. The van der Waals surface area contributed by atoms with Crippen LogP contribution in [0.5, 0.6) is 0 Å². The first-order valence-electron chi connectivity index (χ1n) is 6.13. The number of carbonyl (C=O) groups is 2. The van der Waals surface area contributed by atoms with E-state index in [2.05, 4.69) is 0 Å². The maximum atomic E-state index is 11.3. The number of hydrogen-bond donors (Lipinski definition) is 1. The molecule has 1 aromatic rings. The van der Waals surface area contributed by atoms with Gasteiger partial charge in [0, 0.05) is 17.8 Å². The zero-order valence-corrected chi connectivity index (χ0v) is 11.1. The number of rotatable bonds is 6. The molecule has 18 heavy (non-hydrogen) atoms. The third kappa shape index (κ3) is 3.09. The van der Waals surface area contributed by atoms with Crippen molar-refractivity contribution in [1.29, 1.82) is 0 Å². The van der Waals surface area contributed by atoms with Crippen LogP contribution in [0, 0.1) is 6.92 Å². The molecule has 1 aromatic carbocycles. The normalized spacial score (nSPS) is 11.9. The first-order valence-corrected chi connectivity index (χ1v) is 6.13. The Hall–Kier alpha value is -1.84. The Kier molecular flexibility index (Phi) is 4.89. The Labute approximate surface area is 108 Å². The van der Waals surface area contributed by atoms with E-state index in [-0.39, 0.29) is 11.9 Å². The summed E-state index contributed by atoms with van der Waals surface area (Å²) in [5.41, 5.74) is 7.86. The van der Waals surface area contributed by atoms with Crippen molar-refractivity contribution >= 4 is 17.9 Å². The second-order valence-electron chi connectivity index (χ2n) is 4.43. The minimum atomic E-state index is -0.355. The van der Waals surface area contributed by atoms with E-state index in [0.29, 0.717) is 5.56 Å². The largest absolute Gasteiger partial charge is 0.368 e. The Balaban J connectivity index is 3.09. The summed E-state index contributed by atoms with van der Waals surface area (Å²) >= 11 is 0. The van der Waals surface area contributed by atoms with E-state index in [0.717, 1.165) is 30.5 Å². The molecule has 1 atom stereocenters. The summed E-state index contributed by atoms with van der Waals surface area (Å²) in [6.07, 6.45) is 1.76. The van der Waals surface area contributed by atoms with E-state index >= 15 is 0 Å². The molecule has 98 valence electrons. The second kappa shape index (κ2) is 6.19. The van der Waals surface area contributed by atoms with Crippen LogP contribution in [0.25, 0.3) is 0 Å². The van der Waals surface area contributed by atoms with E-state index < -0.39 is 0 Å². The summed E-state index contributed by atoms with van der Waals surface area (Å²) in [5.74, 6) is -0.347. The summed E-state index contributed by atoms with van der Waals surface area (Å²) in [4.78, 5) is 24.1. The molecule has 1 amide bonds. The number of carbonyl (C=O) groups excluding carboxylic acids is 2. The lowest BCUT2D eigenvalue weighted by Crippen LogP contribution is -2.43. The number of anilines is 1. The van der Waals surface area contributed by atoms with E-state index in [9.17, 15) is 9.59 Å². The van der Waals surface area contributed by atoms with Crippen LogP contribution in [0.2, 0.25) is 0 Å². The van der Waals surface area contributed by atoms with Gasteiger partial charge in [0.2, 0.25) is 5.91 Å². The summed E-state index contributed by atoms with van der Waals surface area (Å²) in [5, 5.41) is 0. The van der Waals surface area contributed by atoms with Gasteiger partial charge in [-0.15, -0.1) is 0 Å². The lowest BCUT2D eigenvalue weighted by Gasteiger charge is -2.29. The molecule has 0 aromatic heterocycles. The lowest BCUT2D eigenvalue weighted by atomic mass is 10.1. The van der Waals surface area contributed by atoms with Crippen LogP contribution in [-0.2, 0) is 4.79 Å². The maximum Gasteiger partial charge on any atom is 0.239 e. The van der Waals surface area contributed by atoms with Gasteiger partial charge in [0.15, 0.2) is 0 Å². The van der Waals surface area contributed by atoms with Crippen molar-refractivity contribution in [2.75, 3.05) is 11.4 Å². The van der Waals surface area contributed by atoms with Gasteiger partial charge in [-0.25, -0.2) is 0 Å². The summed E-state index contributed by atoms with van der Waals surface area (Å²) < 4.78 is 0. The molecule has 0 radical (unpaired) electrons. The minimum Gasteiger partial charge on any atom is -0.368 e. The van der Waals surface area contributed by atoms with Gasteiger partial charge in [-0.1, -0.05) is 6.92 Å². The Morgan fingerprint density at radius 1 is 1.50 bits per heavy atom. The number of benzene rings is 1. The van der Waals surface area contributed by atoms with Crippen molar-refractivity contribution in [2.24, 2.45) is 5.73 Å². The molecular formula is C14H20N2O2. The van der Waals surface area contributed by atoms with Gasteiger partial charge >= 0.3 is 0 Å². The zero-order chi connectivity index (χ0) is 13.7. The Morgan fingerprint density at radius 3 is 2.61 bits per heavy atom. The highest BCUT2D eigenvalue weighted by Crippen LogP contribution is 2.21. The van der Waals surface area contributed by atoms with Gasteiger partial charge in [-0.3, -0.25) is 9.59 Å². The van der Waals surface area contributed by atoms with Gasteiger partial charge in [-0.05, 0) is 44.0 Å². The third-order valence-electron chi connectivity index (χ3n) is 3.06. The van der Waals surface area contributed by atoms with Crippen molar-refractivity contribution in [3.8, 4) is 0 Å². The van der Waals surface area contributed by atoms with Crippen LogP contribution in [0.1, 0.15) is 36.2 Å². The molecule has 0 fully saturated rings. The fourth-order valence-corrected chi connectivity index (χ4v) is 1.91. The molecule has 0 aliphatic rings. The molecule has 4 nitrogen and oxygen atoms in total. The average molecular weight is 248 g/mol. The summed E-state index contributed by atoms with van der Waals surface area (Å²) in [7, 11) is 0. The van der Waals surface area contributed by atoms with Crippen LogP contribution >= 0.6 is 0 Å². The van der Waals surface area contributed by atoms with Crippen molar-refractivity contribution < 1.29 is 9.59 Å². The first kappa shape index (κ1) is 14.2. The third-order valence-corrected chi connectivity index (χ3v) is 3.06. The standard InChI is InChI=1S/C14H20N2O2/c1-4-7-16(11(3)14(15)18)13-6-5-12(9-17)10(2)8-13/h5-6,8-9,11H,4,7H2,1-3H3,(H2,15,18). The SMILES string of the molecule is CCCN(c1ccc(C=O)c(C)c1)C(C)C(N)=O. The highest BCUT2D eigenvalue weighted by molar-refractivity contribution is 5.84. The molecule has 0 saturated heterocycles. The maximum absolute atomic E-state index is 11.3. The molecule has 0 aliphatic carbocycles. The number of nitrogens with two attached hydrogens (primary N) is 1. The van der Waals surface area contributed by atoms with E-state index in [1.807, 2.05) is 30.9 Å². The predicted molar refractivity (Wildman–Crippen MR) is 72.9 cm³/mol. The molecule has 2 N–H and O–H groups in total. The fraction of sp³-hybridized carbons (Fsp3) is 0.429. The first-order chi connectivity index (χ1) is 8.51. The van der Waals surface area contributed by atoms with Crippen molar-refractivity contribution in [3.05, 3.63) is 29.3 Å². The van der Waals surface area contributed by atoms with Crippen LogP contribution in [0.3, 0.4) is 0 Å². The molecule has 0 aliphatic heterocycles. The van der Waals surface area contributed by atoms with E-state index in [1.165, 1.54) is 0 Å². The second-order valence-corrected chi connectivity index (χ2v) is 4.43. The van der Waals surface area contributed by atoms with Crippen molar-refractivity contribution in [2.45, 2.75) is 33.2 Å². The van der Waals surface area contributed by atoms with Gasteiger partial charge in [0.25, 0.3) is 0 Å². The van der Waals surface area contributed by atoms with Crippen molar-refractivity contribution in [3.63, 3.8) is 0 Å². The summed E-state index contributed by atoms with van der Waals surface area (Å²) in [6, 6.07) is 5.19. The van der Waals surface area contributed by atoms with Crippen LogP contribution in [0.4, 0.5) is 5.69 Å². The fourth-order valence-electron chi connectivity index (χ4n) is 1.91. The number of primary amides is 1. The lowest BCUT2D eigenvalue weighted by molar-refractivity contribution is -0.118. The molecule has 1 unspecified atom stereocenters. The topological polar surface area (TPSA) is 63.4 Å². The summed E-state index contributed by atoms with van der Waals surface area (Å²) in [6.45, 7) is 6.48. The van der Waals surface area contributed by atoms with Gasteiger partial charge in [0.05, 0.1) is 0 Å². The van der Waals surface area contributed by atoms with Gasteiger partial charge in [0.1, 0.15) is 12.3 Å². The molecule has 1 rings (SSSR count). The molecule has 0 bridgehead atoms. The molecule has 4 heteroatoms. The zero-order valence-electron chi connectivity index (χ0n) is 11.1. The predicted octanol–water partition coefficient (Wildman–Crippen LogP) is 1.90. The Bertz CT molecular complexity index is 443. The Morgan fingerprint density at radius 2 is 2.17 bits per heavy atom. The van der Waals surface area contributed by atoms with E-state index in [1.54, 1.807) is 13.0 Å². The molecular weight excluding hydrogens is 228 g/mol. The van der Waals surface area contributed by atoms with Crippen molar-refractivity contribution in [1.82, 2.24) is 0 Å². The van der Waals surface area contributed by atoms with Crippen LogP contribution in [0.15, 0.2) is 18.2 Å². The minimum absolute atomic E-state index is 0.347. The van der Waals surface area contributed by atoms with E-state index in [4.69, 9.17) is 5.73 Å². The number of aryl methyl sites for hydroxylation is 1. The highest BCUT2D eigenvalue weighted by Gasteiger charge is 2.18. The van der Waals surface area contributed by atoms with Gasteiger partial charge < -0.3 is 10.6 Å². The highest BCUT2D eigenvalue weighted by atomic mass is 16.1. The van der Waals surface area contributed by atoms with Crippen LogP contribution in [-0.4, -0.2) is 24.8 Å². The molecule has 0 spiro atoms.